The SMILES string of the molecule is CN[C@@H]1CCC12CC2. The van der Waals surface area contributed by atoms with Crippen molar-refractivity contribution in [2.45, 2.75) is 31.7 Å². The Kier molecular flexibility index (Phi) is 0.762. The molecule has 2 rings (SSSR count). The Morgan fingerprint density at radius 2 is 2.12 bits per heavy atom. The lowest BCUT2D eigenvalue weighted by molar-refractivity contribution is 0.195. The minimum Gasteiger partial charge on any atom is -0.316 e. The van der Waals surface area contributed by atoms with Crippen LogP contribution in [-0.4, -0.2) is 13.1 Å². The molecule has 0 aromatic rings. The molecule has 1 N–H and O–H groups in total. The molecule has 1 nitrogen and oxygen atoms in total. The van der Waals surface area contributed by atoms with E-state index in [-0.39, 0.29) is 0 Å². The maximum Gasteiger partial charge on any atom is 0.0121 e. The first kappa shape index (κ1) is 4.80. The van der Waals surface area contributed by atoms with Crippen LogP contribution in [-0.2, 0) is 0 Å². The van der Waals surface area contributed by atoms with Gasteiger partial charge in [0.15, 0.2) is 0 Å². The van der Waals surface area contributed by atoms with Gasteiger partial charge < -0.3 is 5.32 Å². The molecule has 2 aliphatic carbocycles. The predicted molar refractivity (Wildman–Crippen MR) is 33.7 cm³/mol. The summed E-state index contributed by atoms with van der Waals surface area (Å²) in [6, 6.07) is 0.891. The van der Waals surface area contributed by atoms with Gasteiger partial charge in [0, 0.05) is 6.04 Å². The van der Waals surface area contributed by atoms with Gasteiger partial charge in [0.1, 0.15) is 0 Å². The van der Waals surface area contributed by atoms with E-state index in [0.29, 0.717) is 0 Å². The lowest BCUT2D eigenvalue weighted by Crippen LogP contribution is -2.43. The smallest absolute Gasteiger partial charge is 0.0121 e. The lowest BCUT2D eigenvalue weighted by atomic mass is 9.76. The molecule has 2 saturated carbocycles. The number of hydrogen-bond donors (Lipinski definition) is 1. The van der Waals surface area contributed by atoms with E-state index >= 15 is 0 Å². The molecule has 0 heterocycles. The van der Waals surface area contributed by atoms with Crippen molar-refractivity contribution in [1.82, 2.24) is 5.32 Å². The average molecular weight is 111 g/mol. The fourth-order valence-corrected chi connectivity index (χ4v) is 1.91. The van der Waals surface area contributed by atoms with Gasteiger partial charge in [-0.25, -0.2) is 0 Å². The highest BCUT2D eigenvalue weighted by molar-refractivity contribution is 5.09. The van der Waals surface area contributed by atoms with Crippen LogP contribution in [0.1, 0.15) is 25.7 Å². The van der Waals surface area contributed by atoms with Gasteiger partial charge in [-0.05, 0) is 38.1 Å². The molecule has 0 unspecified atom stereocenters. The van der Waals surface area contributed by atoms with Crippen molar-refractivity contribution >= 4 is 0 Å². The first-order chi connectivity index (χ1) is 3.87. The Hall–Kier alpha value is -0.0400. The third-order valence-corrected chi connectivity index (χ3v) is 2.91. The van der Waals surface area contributed by atoms with Crippen molar-refractivity contribution in [3.63, 3.8) is 0 Å². The van der Waals surface area contributed by atoms with E-state index in [0.717, 1.165) is 11.5 Å². The fourth-order valence-electron chi connectivity index (χ4n) is 1.91. The predicted octanol–water partition coefficient (Wildman–Crippen LogP) is 1.15. The second-order valence-corrected chi connectivity index (χ2v) is 3.24. The molecule has 1 spiro atoms. The zero-order valence-corrected chi connectivity index (χ0v) is 5.41. The standard InChI is InChI=1S/C7H13N/c1-8-6-2-3-7(6)4-5-7/h6,8H,2-5H2,1H3/t6-/m1/s1. The Labute approximate surface area is 50.5 Å². The summed E-state index contributed by atoms with van der Waals surface area (Å²) in [6.45, 7) is 0. The van der Waals surface area contributed by atoms with E-state index in [1.807, 2.05) is 0 Å². The van der Waals surface area contributed by atoms with Gasteiger partial charge in [-0.3, -0.25) is 0 Å². The van der Waals surface area contributed by atoms with Crippen molar-refractivity contribution < 1.29 is 0 Å². The fraction of sp³-hybridized carbons (Fsp3) is 1.00. The highest BCUT2D eigenvalue weighted by atomic mass is 14.9. The normalized spacial score (nSPS) is 39.4. The summed E-state index contributed by atoms with van der Waals surface area (Å²) in [5.41, 5.74) is 0.828. The van der Waals surface area contributed by atoms with Crippen LogP contribution in [0.4, 0.5) is 0 Å². The third kappa shape index (κ3) is 0.408. The van der Waals surface area contributed by atoms with Gasteiger partial charge in [-0.1, -0.05) is 0 Å². The van der Waals surface area contributed by atoms with Crippen LogP contribution in [0.2, 0.25) is 0 Å². The Morgan fingerprint density at radius 3 is 2.25 bits per heavy atom. The maximum atomic E-state index is 3.35. The van der Waals surface area contributed by atoms with E-state index < -0.39 is 0 Å². The topological polar surface area (TPSA) is 12.0 Å². The van der Waals surface area contributed by atoms with Crippen molar-refractivity contribution in [2.24, 2.45) is 5.41 Å². The average Bonchev–Trinajstić information content (AvgIpc) is 2.42. The maximum absolute atomic E-state index is 3.35. The Morgan fingerprint density at radius 1 is 1.38 bits per heavy atom. The van der Waals surface area contributed by atoms with E-state index in [1.165, 1.54) is 25.7 Å². The highest BCUT2D eigenvalue weighted by Gasteiger charge is 2.54. The molecule has 0 aromatic carbocycles. The van der Waals surface area contributed by atoms with Crippen molar-refractivity contribution in [1.29, 1.82) is 0 Å². The minimum atomic E-state index is 0.828. The summed E-state index contributed by atoms with van der Waals surface area (Å²) in [5, 5.41) is 3.35. The zero-order chi connectivity index (χ0) is 5.61. The van der Waals surface area contributed by atoms with Crippen LogP contribution < -0.4 is 5.32 Å². The van der Waals surface area contributed by atoms with Gasteiger partial charge in [0.25, 0.3) is 0 Å². The molecular weight excluding hydrogens is 98.1 g/mol. The summed E-state index contributed by atoms with van der Waals surface area (Å²) in [4.78, 5) is 0. The van der Waals surface area contributed by atoms with Crippen LogP contribution >= 0.6 is 0 Å². The van der Waals surface area contributed by atoms with Gasteiger partial charge in [-0.2, -0.15) is 0 Å². The monoisotopic (exact) mass is 111 g/mol. The van der Waals surface area contributed by atoms with Crippen molar-refractivity contribution in [2.75, 3.05) is 7.05 Å². The molecule has 0 aromatic heterocycles. The van der Waals surface area contributed by atoms with Crippen molar-refractivity contribution in [3.8, 4) is 0 Å². The molecule has 2 aliphatic rings. The second-order valence-electron chi connectivity index (χ2n) is 3.24. The van der Waals surface area contributed by atoms with Crippen LogP contribution in [0.5, 0.6) is 0 Å². The number of nitrogens with one attached hydrogen (secondary N) is 1. The molecule has 2 fully saturated rings. The molecule has 46 valence electrons. The number of rotatable bonds is 1. The van der Waals surface area contributed by atoms with E-state index in [1.54, 1.807) is 0 Å². The first-order valence-corrected chi connectivity index (χ1v) is 3.55. The van der Waals surface area contributed by atoms with Crippen LogP contribution in [0.3, 0.4) is 0 Å². The molecule has 0 bridgehead atoms. The van der Waals surface area contributed by atoms with Gasteiger partial charge >= 0.3 is 0 Å². The molecule has 1 atom stereocenters. The Balaban J connectivity index is 1.98. The molecule has 8 heavy (non-hydrogen) atoms. The highest BCUT2D eigenvalue weighted by Crippen LogP contribution is 2.60. The summed E-state index contributed by atoms with van der Waals surface area (Å²) < 4.78 is 0. The lowest BCUT2D eigenvalue weighted by Gasteiger charge is -2.36. The van der Waals surface area contributed by atoms with Gasteiger partial charge in [0.05, 0.1) is 0 Å². The van der Waals surface area contributed by atoms with Crippen molar-refractivity contribution in [3.05, 3.63) is 0 Å². The zero-order valence-electron chi connectivity index (χ0n) is 5.41. The largest absolute Gasteiger partial charge is 0.316 e. The van der Waals surface area contributed by atoms with Gasteiger partial charge in [-0.15, -0.1) is 0 Å². The summed E-state index contributed by atoms with van der Waals surface area (Å²) in [7, 11) is 2.09. The molecule has 1 heteroatoms. The van der Waals surface area contributed by atoms with Crippen LogP contribution in [0.25, 0.3) is 0 Å². The van der Waals surface area contributed by atoms with Gasteiger partial charge in [0.2, 0.25) is 0 Å². The van der Waals surface area contributed by atoms with Crippen LogP contribution in [0.15, 0.2) is 0 Å². The molecular formula is C7H13N. The molecule has 0 saturated heterocycles. The molecule has 0 radical (unpaired) electrons. The first-order valence-electron chi connectivity index (χ1n) is 3.55. The Bertz CT molecular complexity index is 103. The quantitative estimate of drug-likeness (QED) is 0.535. The summed E-state index contributed by atoms with van der Waals surface area (Å²) in [6.07, 6.45) is 5.92. The minimum absolute atomic E-state index is 0.828. The summed E-state index contributed by atoms with van der Waals surface area (Å²) in [5.74, 6) is 0. The van der Waals surface area contributed by atoms with E-state index in [2.05, 4.69) is 12.4 Å². The number of hydrogen-bond acceptors (Lipinski definition) is 1. The van der Waals surface area contributed by atoms with Crippen LogP contribution in [0, 0.1) is 5.41 Å². The van der Waals surface area contributed by atoms with E-state index in [9.17, 15) is 0 Å². The molecule has 0 aliphatic heterocycles. The third-order valence-electron chi connectivity index (χ3n) is 2.91. The molecule has 0 amide bonds. The summed E-state index contributed by atoms with van der Waals surface area (Å²) >= 11 is 0. The second kappa shape index (κ2) is 1.27. The van der Waals surface area contributed by atoms with E-state index in [4.69, 9.17) is 0 Å².